The van der Waals surface area contributed by atoms with Gasteiger partial charge in [0.05, 0.1) is 11.4 Å². The lowest BCUT2D eigenvalue weighted by molar-refractivity contribution is 0.430. The molecule has 2 aliphatic heterocycles. The minimum absolute atomic E-state index is 0.00844. The fourth-order valence-electron chi connectivity index (χ4n) is 3.20. The summed E-state index contributed by atoms with van der Waals surface area (Å²) >= 11 is 0. The quantitative estimate of drug-likeness (QED) is 0.848. The number of fused-ring (bicyclic) bond motifs is 3. The molecule has 0 amide bonds. The van der Waals surface area contributed by atoms with Crippen LogP contribution in [0.15, 0.2) is 18.2 Å². The number of hydrogen-bond donors (Lipinski definition) is 2. The zero-order valence-corrected chi connectivity index (χ0v) is 11.7. The van der Waals surface area contributed by atoms with Crippen molar-refractivity contribution >= 4 is 11.5 Å². The monoisotopic (exact) mass is 304 g/mol. The molecule has 4 rings (SSSR count). The number of phenolic OH excluding ortho intramolecular Hbond substituents is 1. The van der Waals surface area contributed by atoms with Crippen molar-refractivity contribution in [1.82, 2.24) is 10.2 Å². The standard InChI is InChI=1S/C15H14F2N4O/c16-8-4-10(14(22)11(17)5-8)12-6-13-15(20-19-12)18-7-9-2-1-3-21(9)13/h4-6,9,22H,1-3,7H2,(H,18,20). The highest BCUT2D eigenvalue weighted by Gasteiger charge is 2.31. The van der Waals surface area contributed by atoms with Gasteiger partial charge in [0.2, 0.25) is 0 Å². The molecule has 3 heterocycles. The van der Waals surface area contributed by atoms with Crippen molar-refractivity contribution in [2.45, 2.75) is 18.9 Å². The molecule has 1 atom stereocenters. The number of aromatic hydroxyl groups is 1. The summed E-state index contributed by atoms with van der Waals surface area (Å²) in [5.74, 6) is -1.72. The van der Waals surface area contributed by atoms with E-state index in [1.165, 1.54) is 0 Å². The zero-order chi connectivity index (χ0) is 15.3. The summed E-state index contributed by atoms with van der Waals surface area (Å²) in [6, 6.07) is 3.83. The molecular formula is C15H14F2N4O. The van der Waals surface area contributed by atoms with Crippen molar-refractivity contribution in [1.29, 1.82) is 0 Å². The van der Waals surface area contributed by atoms with Crippen LogP contribution in [0.1, 0.15) is 12.8 Å². The molecule has 1 aromatic heterocycles. The summed E-state index contributed by atoms with van der Waals surface area (Å²) < 4.78 is 26.9. The lowest BCUT2D eigenvalue weighted by Gasteiger charge is -2.33. The highest BCUT2D eigenvalue weighted by atomic mass is 19.1. The predicted octanol–water partition coefficient (Wildman–Crippen LogP) is 2.52. The topological polar surface area (TPSA) is 61.3 Å². The Kier molecular flexibility index (Phi) is 2.88. The van der Waals surface area contributed by atoms with Crippen LogP contribution in [0.25, 0.3) is 11.3 Å². The number of anilines is 2. The second kappa shape index (κ2) is 4.79. The van der Waals surface area contributed by atoms with Crippen LogP contribution in [-0.4, -0.2) is 34.4 Å². The van der Waals surface area contributed by atoms with Crippen LogP contribution in [0, 0.1) is 11.6 Å². The first-order chi connectivity index (χ1) is 10.6. The van der Waals surface area contributed by atoms with Crippen molar-refractivity contribution in [2.75, 3.05) is 23.3 Å². The first-order valence-corrected chi connectivity index (χ1v) is 7.20. The van der Waals surface area contributed by atoms with Gasteiger partial charge in [0, 0.05) is 30.8 Å². The number of halogens is 2. The van der Waals surface area contributed by atoms with Crippen LogP contribution in [-0.2, 0) is 0 Å². The van der Waals surface area contributed by atoms with Crippen LogP contribution in [0.2, 0.25) is 0 Å². The zero-order valence-electron chi connectivity index (χ0n) is 11.7. The number of nitrogens with one attached hydrogen (secondary N) is 1. The first kappa shape index (κ1) is 13.2. The Bertz CT molecular complexity index is 753. The Morgan fingerprint density at radius 3 is 2.95 bits per heavy atom. The molecule has 0 aliphatic carbocycles. The van der Waals surface area contributed by atoms with E-state index in [-0.39, 0.29) is 11.3 Å². The minimum Gasteiger partial charge on any atom is -0.504 e. The fraction of sp³-hybridized carbons (Fsp3) is 0.333. The molecule has 2 N–H and O–H groups in total. The Morgan fingerprint density at radius 2 is 2.09 bits per heavy atom. The van der Waals surface area contributed by atoms with Gasteiger partial charge in [-0.1, -0.05) is 0 Å². The van der Waals surface area contributed by atoms with Crippen molar-refractivity contribution < 1.29 is 13.9 Å². The molecule has 1 saturated heterocycles. The van der Waals surface area contributed by atoms with Crippen molar-refractivity contribution in [3.05, 3.63) is 29.8 Å². The molecule has 1 aromatic carbocycles. The third-order valence-electron chi connectivity index (χ3n) is 4.27. The molecule has 5 nitrogen and oxygen atoms in total. The normalized spacial score (nSPS) is 19.5. The molecule has 114 valence electrons. The Balaban J connectivity index is 1.83. The molecule has 0 bridgehead atoms. The van der Waals surface area contributed by atoms with E-state index in [0.717, 1.165) is 37.7 Å². The van der Waals surface area contributed by atoms with Gasteiger partial charge in [-0.05, 0) is 25.0 Å². The van der Waals surface area contributed by atoms with Crippen LogP contribution >= 0.6 is 0 Å². The molecule has 0 saturated carbocycles. The lowest BCUT2D eigenvalue weighted by atomic mass is 10.1. The second-order valence-electron chi connectivity index (χ2n) is 5.62. The molecule has 2 aliphatic rings. The molecule has 2 aromatic rings. The van der Waals surface area contributed by atoms with Crippen molar-refractivity contribution in [3.8, 4) is 17.0 Å². The molecule has 0 spiro atoms. The summed E-state index contributed by atoms with van der Waals surface area (Å²) in [6.45, 7) is 1.74. The van der Waals surface area contributed by atoms with Gasteiger partial charge in [-0.2, -0.15) is 0 Å². The number of aromatic nitrogens is 2. The fourth-order valence-corrected chi connectivity index (χ4v) is 3.20. The maximum absolute atomic E-state index is 13.5. The highest BCUT2D eigenvalue weighted by molar-refractivity contribution is 5.76. The molecular weight excluding hydrogens is 290 g/mol. The van der Waals surface area contributed by atoms with E-state index in [0.29, 0.717) is 17.9 Å². The van der Waals surface area contributed by atoms with E-state index in [2.05, 4.69) is 20.4 Å². The van der Waals surface area contributed by atoms with E-state index < -0.39 is 17.4 Å². The number of nitrogens with zero attached hydrogens (tertiary/aromatic N) is 3. The van der Waals surface area contributed by atoms with Crippen LogP contribution in [0.3, 0.4) is 0 Å². The van der Waals surface area contributed by atoms with Crippen LogP contribution in [0.4, 0.5) is 20.3 Å². The largest absolute Gasteiger partial charge is 0.504 e. The maximum Gasteiger partial charge on any atom is 0.172 e. The van der Waals surface area contributed by atoms with E-state index in [1.807, 2.05) is 0 Å². The third kappa shape index (κ3) is 1.96. The minimum atomic E-state index is -1.01. The van der Waals surface area contributed by atoms with Gasteiger partial charge in [0.25, 0.3) is 0 Å². The SMILES string of the molecule is Oc1c(F)cc(F)cc1-c1cc2c(nn1)NCC1CCCN21. The van der Waals surface area contributed by atoms with Gasteiger partial charge < -0.3 is 15.3 Å². The van der Waals surface area contributed by atoms with Gasteiger partial charge in [-0.25, -0.2) is 8.78 Å². The maximum atomic E-state index is 13.5. The third-order valence-corrected chi connectivity index (χ3v) is 4.27. The molecule has 7 heteroatoms. The van der Waals surface area contributed by atoms with E-state index >= 15 is 0 Å². The second-order valence-corrected chi connectivity index (χ2v) is 5.62. The van der Waals surface area contributed by atoms with E-state index in [4.69, 9.17) is 0 Å². The average molecular weight is 304 g/mol. The number of hydrogen-bond acceptors (Lipinski definition) is 5. The molecule has 1 unspecified atom stereocenters. The number of rotatable bonds is 1. The van der Waals surface area contributed by atoms with Gasteiger partial charge in [-0.15, -0.1) is 10.2 Å². The van der Waals surface area contributed by atoms with E-state index in [1.54, 1.807) is 6.07 Å². The lowest BCUT2D eigenvalue weighted by Crippen LogP contribution is -2.39. The predicted molar refractivity (Wildman–Crippen MR) is 77.9 cm³/mol. The Hall–Kier alpha value is -2.44. The average Bonchev–Trinajstić information content (AvgIpc) is 2.99. The summed E-state index contributed by atoms with van der Waals surface area (Å²) in [4.78, 5) is 2.23. The van der Waals surface area contributed by atoms with Crippen molar-refractivity contribution in [3.63, 3.8) is 0 Å². The summed E-state index contributed by atoms with van der Waals surface area (Å²) in [6.07, 6.45) is 2.20. The van der Waals surface area contributed by atoms with Crippen LogP contribution in [0.5, 0.6) is 5.75 Å². The van der Waals surface area contributed by atoms with E-state index in [9.17, 15) is 13.9 Å². The molecule has 1 fully saturated rings. The van der Waals surface area contributed by atoms with Crippen molar-refractivity contribution in [2.24, 2.45) is 0 Å². The van der Waals surface area contributed by atoms with Crippen LogP contribution < -0.4 is 10.2 Å². The number of benzene rings is 1. The van der Waals surface area contributed by atoms with Gasteiger partial charge >= 0.3 is 0 Å². The highest BCUT2D eigenvalue weighted by Crippen LogP contribution is 2.38. The Labute approximate surface area is 125 Å². The molecule has 0 radical (unpaired) electrons. The molecule has 22 heavy (non-hydrogen) atoms. The first-order valence-electron chi connectivity index (χ1n) is 7.20. The van der Waals surface area contributed by atoms with Gasteiger partial charge in [0.1, 0.15) is 5.82 Å². The summed E-state index contributed by atoms with van der Waals surface area (Å²) in [5.41, 5.74) is 1.13. The summed E-state index contributed by atoms with van der Waals surface area (Å²) in [7, 11) is 0. The summed E-state index contributed by atoms with van der Waals surface area (Å²) in [5, 5.41) is 21.1. The Morgan fingerprint density at radius 1 is 1.23 bits per heavy atom. The number of phenols is 1. The smallest absolute Gasteiger partial charge is 0.172 e. The van der Waals surface area contributed by atoms with Gasteiger partial charge in [-0.3, -0.25) is 0 Å². The van der Waals surface area contributed by atoms with Gasteiger partial charge in [0.15, 0.2) is 17.4 Å².